The van der Waals surface area contributed by atoms with Gasteiger partial charge in [-0.05, 0) is 25.8 Å². The molecule has 0 atom stereocenters. The van der Waals surface area contributed by atoms with Crippen molar-refractivity contribution in [2.75, 3.05) is 23.8 Å². The van der Waals surface area contributed by atoms with Crippen LogP contribution in [0.4, 0.5) is 11.5 Å². The monoisotopic (exact) mass is 221 g/mol. The van der Waals surface area contributed by atoms with Crippen molar-refractivity contribution in [3.63, 3.8) is 0 Å². The van der Waals surface area contributed by atoms with Crippen LogP contribution in [0, 0.1) is 0 Å². The normalized spacial score (nSPS) is 10.6. The van der Waals surface area contributed by atoms with Gasteiger partial charge in [-0.25, -0.2) is 4.98 Å². The van der Waals surface area contributed by atoms with E-state index in [-0.39, 0.29) is 0 Å². The fourth-order valence-electron chi connectivity index (χ4n) is 1.96. The second-order valence-corrected chi connectivity index (χ2v) is 4.01. The number of anilines is 2. The van der Waals surface area contributed by atoms with Crippen molar-refractivity contribution in [2.24, 2.45) is 0 Å². The highest BCUT2D eigenvalue weighted by atomic mass is 15.1. The third-order valence-electron chi connectivity index (χ3n) is 3.00. The van der Waals surface area contributed by atoms with Crippen LogP contribution in [0.5, 0.6) is 0 Å². The number of nitrogens with zero attached hydrogens (tertiary/aromatic N) is 2. The fourth-order valence-corrected chi connectivity index (χ4v) is 1.96. The van der Waals surface area contributed by atoms with E-state index < -0.39 is 0 Å². The van der Waals surface area contributed by atoms with Gasteiger partial charge in [-0.3, -0.25) is 0 Å². The zero-order chi connectivity index (χ0) is 12.0. The minimum atomic E-state index is 0.608. The first-order valence-electron chi connectivity index (χ1n) is 6.15. The molecule has 1 heterocycles. The number of nitrogens with one attached hydrogen (secondary N) is 1. The molecule has 0 unspecified atom stereocenters. The molecule has 1 aromatic heterocycles. The van der Waals surface area contributed by atoms with Crippen molar-refractivity contribution in [1.82, 2.24) is 4.98 Å². The van der Waals surface area contributed by atoms with Crippen molar-refractivity contribution >= 4 is 11.5 Å². The number of hydrogen-bond donors (Lipinski definition) is 1. The third kappa shape index (κ3) is 3.12. The summed E-state index contributed by atoms with van der Waals surface area (Å²) >= 11 is 0. The van der Waals surface area contributed by atoms with Gasteiger partial charge in [0.15, 0.2) is 0 Å². The lowest BCUT2D eigenvalue weighted by atomic mass is 10.1. The zero-order valence-corrected chi connectivity index (χ0v) is 10.8. The van der Waals surface area contributed by atoms with E-state index in [0.717, 1.165) is 12.4 Å². The second kappa shape index (κ2) is 6.36. The van der Waals surface area contributed by atoms with Crippen LogP contribution >= 0.6 is 0 Å². The Kier molecular flexibility index (Phi) is 5.09. The standard InChI is InChI=1S/C13H23N3/c1-5-11(6-2)16(4)12-8-9-15-13(10-12)14-7-3/h8-11H,5-7H2,1-4H3,(H,14,15). The molecule has 0 saturated carbocycles. The molecule has 1 aromatic rings. The number of pyridine rings is 1. The largest absolute Gasteiger partial charge is 0.371 e. The molecule has 90 valence electrons. The minimum Gasteiger partial charge on any atom is -0.371 e. The summed E-state index contributed by atoms with van der Waals surface area (Å²) in [5.74, 6) is 0.956. The molecule has 0 amide bonds. The van der Waals surface area contributed by atoms with Crippen molar-refractivity contribution in [2.45, 2.75) is 39.7 Å². The molecule has 3 nitrogen and oxygen atoms in total. The summed E-state index contributed by atoms with van der Waals surface area (Å²) in [6.45, 7) is 7.46. The van der Waals surface area contributed by atoms with E-state index in [2.05, 4.69) is 55.2 Å². The first-order chi connectivity index (χ1) is 7.72. The highest BCUT2D eigenvalue weighted by molar-refractivity contribution is 5.53. The average molecular weight is 221 g/mol. The van der Waals surface area contributed by atoms with Crippen molar-refractivity contribution in [3.8, 4) is 0 Å². The Morgan fingerprint density at radius 3 is 2.56 bits per heavy atom. The summed E-state index contributed by atoms with van der Waals surface area (Å²) in [4.78, 5) is 6.62. The molecule has 0 spiro atoms. The highest BCUT2D eigenvalue weighted by Crippen LogP contribution is 2.20. The van der Waals surface area contributed by atoms with E-state index in [1.54, 1.807) is 0 Å². The Labute approximate surface area is 98.9 Å². The van der Waals surface area contributed by atoms with Gasteiger partial charge in [0.2, 0.25) is 0 Å². The van der Waals surface area contributed by atoms with E-state index in [4.69, 9.17) is 0 Å². The zero-order valence-electron chi connectivity index (χ0n) is 10.8. The van der Waals surface area contributed by atoms with E-state index in [1.807, 2.05) is 6.20 Å². The molecule has 0 bridgehead atoms. The van der Waals surface area contributed by atoms with E-state index in [9.17, 15) is 0 Å². The fraction of sp³-hybridized carbons (Fsp3) is 0.615. The van der Waals surface area contributed by atoms with Gasteiger partial charge in [-0.15, -0.1) is 0 Å². The molecule has 0 aliphatic carbocycles. The first-order valence-corrected chi connectivity index (χ1v) is 6.15. The minimum absolute atomic E-state index is 0.608. The molecule has 0 aliphatic heterocycles. The lowest BCUT2D eigenvalue weighted by Gasteiger charge is -2.28. The van der Waals surface area contributed by atoms with Crippen LogP contribution in [0.2, 0.25) is 0 Å². The predicted octanol–water partition coefficient (Wildman–Crippen LogP) is 3.14. The molecule has 0 aliphatic rings. The molecule has 16 heavy (non-hydrogen) atoms. The maximum Gasteiger partial charge on any atom is 0.127 e. The van der Waals surface area contributed by atoms with Crippen molar-refractivity contribution in [1.29, 1.82) is 0 Å². The Balaban J connectivity index is 2.81. The molecule has 1 rings (SSSR count). The molecule has 0 fully saturated rings. The lowest BCUT2D eigenvalue weighted by molar-refractivity contribution is 0.591. The van der Waals surface area contributed by atoms with Crippen molar-refractivity contribution < 1.29 is 0 Å². The van der Waals surface area contributed by atoms with E-state index >= 15 is 0 Å². The Morgan fingerprint density at radius 2 is 2.00 bits per heavy atom. The van der Waals surface area contributed by atoms with E-state index in [1.165, 1.54) is 18.5 Å². The van der Waals surface area contributed by atoms with Gasteiger partial charge in [0, 0.05) is 37.6 Å². The topological polar surface area (TPSA) is 28.2 Å². The summed E-state index contributed by atoms with van der Waals surface area (Å²) in [6.07, 6.45) is 4.21. The van der Waals surface area contributed by atoms with Crippen LogP contribution in [0.25, 0.3) is 0 Å². The number of aromatic nitrogens is 1. The molecule has 0 saturated heterocycles. The molecule has 0 radical (unpaired) electrons. The summed E-state index contributed by atoms with van der Waals surface area (Å²) in [5.41, 5.74) is 1.24. The molecule has 1 N–H and O–H groups in total. The lowest BCUT2D eigenvalue weighted by Crippen LogP contribution is -2.30. The molecular formula is C13H23N3. The van der Waals surface area contributed by atoms with Crippen LogP contribution in [0.1, 0.15) is 33.6 Å². The van der Waals surface area contributed by atoms with Gasteiger partial charge < -0.3 is 10.2 Å². The quantitative estimate of drug-likeness (QED) is 0.800. The SMILES string of the molecule is CCNc1cc(N(C)C(CC)CC)ccn1. The van der Waals surface area contributed by atoms with Crippen LogP contribution in [0.3, 0.4) is 0 Å². The van der Waals surface area contributed by atoms with Gasteiger partial charge in [0.1, 0.15) is 5.82 Å². The van der Waals surface area contributed by atoms with Gasteiger partial charge in [0.25, 0.3) is 0 Å². The maximum atomic E-state index is 4.28. The maximum absolute atomic E-state index is 4.28. The smallest absolute Gasteiger partial charge is 0.127 e. The predicted molar refractivity (Wildman–Crippen MR) is 71.2 cm³/mol. The second-order valence-electron chi connectivity index (χ2n) is 4.01. The summed E-state index contributed by atoms with van der Waals surface area (Å²) in [6, 6.07) is 4.79. The summed E-state index contributed by atoms with van der Waals surface area (Å²) in [7, 11) is 2.16. The third-order valence-corrected chi connectivity index (χ3v) is 3.00. The molecule has 3 heteroatoms. The Morgan fingerprint density at radius 1 is 1.31 bits per heavy atom. The van der Waals surface area contributed by atoms with Crippen LogP contribution in [0.15, 0.2) is 18.3 Å². The summed E-state index contributed by atoms with van der Waals surface area (Å²) in [5, 5.41) is 3.24. The first kappa shape index (κ1) is 12.8. The molecular weight excluding hydrogens is 198 g/mol. The Bertz CT molecular complexity index is 308. The van der Waals surface area contributed by atoms with Gasteiger partial charge in [-0.2, -0.15) is 0 Å². The number of hydrogen-bond acceptors (Lipinski definition) is 3. The Hall–Kier alpha value is -1.25. The van der Waals surface area contributed by atoms with Gasteiger partial charge in [0.05, 0.1) is 0 Å². The average Bonchev–Trinajstić information content (AvgIpc) is 2.31. The highest BCUT2D eigenvalue weighted by Gasteiger charge is 2.11. The van der Waals surface area contributed by atoms with Crippen molar-refractivity contribution in [3.05, 3.63) is 18.3 Å². The van der Waals surface area contributed by atoms with Crippen LogP contribution in [-0.2, 0) is 0 Å². The van der Waals surface area contributed by atoms with E-state index in [0.29, 0.717) is 6.04 Å². The number of rotatable bonds is 6. The van der Waals surface area contributed by atoms with Gasteiger partial charge in [-0.1, -0.05) is 13.8 Å². The molecule has 0 aromatic carbocycles. The van der Waals surface area contributed by atoms with Crippen LogP contribution in [-0.4, -0.2) is 24.6 Å². The van der Waals surface area contributed by atoms with Crippen LogP contribution < -0.4 is 10.2 Å². The van der Waals surface area contributed by atoms with Gasteiger partial charge >= 0.3 is 0 Å². The summed E-state index contributed by atoms with van der Waals surface area (Å²) < 4.78 is 0.